The number of unbranched alkanes of at least 4 members (excludes halogenated alkanes) is 1. The molecular weight excluding hydrogens is 190 g/mol. The maximum atomic E-state index is 5.73. The van der Waals surface area contributed by atoms with Crippen LogP contribution in [0.25, 0.3) is 0 Å². The molecule has 0 saturated heterocycles. The van der Waals surface area contributed by atoms with E-state index in [1.165, 1.54) is 11.3 Å². The minimum absolute atomic E-state index is 0.708. The summed E-state index contributed by atoms with van der Waals surface area (Å²) in [5, 5.41) is 0. The molecule has 1 aromatic rings. The van der Waals surface area contributed by atoms with Crippen molar-refractivity contribution in [3.8, 4) is 11.8 Å². The largest absolute Gasteiger partial charge is 0.330 e. The molecule has 1 rings (SSSR count). The van der Waals surface area contributed by atoms with Crippen molar-refractivity contribution in [2.45, 2.75) is 12.8 Å². The van der Waals surface area contributed by atoms with Crippen LogP contribution >= 0.6 is 22.9 Å². The first-order valence-electron chi connectivity index (χ1n) is 3.77. The van der Waals surface area contributed by atoms with E-state index >= 15 is 0 Å². The van der Waals surface area contributed by atoms with Gasteiger partial charge < -0.3 is 5.73 Å². The molecule has 0 aromatic carbocycles. The Morgan fingerprint density at radius 3 is 2.92 bits per heavy atom. The number of rotatable bonds is 2. The highest BCUT2D eigenvalue weighted by molar-refractivity contribution is 7.16. The van der Waals surface area contributed by atoms with Crippen molar-refractivity contribution in [1.82, 2.24) is 0 Å². The highest BCUT2D eigenvalue weighted by Gasteiger charge is 1.91. The van der Waals surface area contributed by atoms with E-state index in [1.54, 1.807) is 0 Å². The maximum absolute atomic E-state index is 5.73. The molecule has 0 atom stereocenters. The van der Waals surface area contributed by atoms with Gasteiger partial charge in [-0.15, -0.1) is 11.3 Å². The van der Waals surface area contributed by atoms with Crippen molar-refractivity contribution in [2.75, 3.05) is 6.54 Å². The molecule has 0 amide bonds. The van der Waals surface area contributed by atoms with Gasteiger partial charge in [0.1, 0.15) is 0 Å². The van der Waals surface area contributed by atoms with E-state index in [9.17, 15) is 0 Å². The number of thiophene rings is 1. The predicted octanol–water partition coefficient (Wildman–Crippen LogP) is 2.49. The van der Waals surface area contributed by atoms with Crippen LogP contribution in [0, 0.1) is 11.8 Å². The average Bonchev–Trinajstić information content (AvgIpc) is 2.45. The topological polar surface area (TPSA) is 26.0 Å². The Hall–Kier alpha value is -0.490. The Bertz CT molecular complexity index is 295. The Balaban J connectivity index is 2.43. The van der Waals surface area contributed by atoms with Gasteiger partial charge in [-0.1, -0.05) is 23.4 Å². The van der Waals surface area contributed by atoms with Crippen LogP contribution in [0.15, 0.2) is 12.1 Å². The first kappa shape index (κ1) is 9.60. The van der Waals surface area contributed by atoms with Gasteiger partial charge in [0.25, 0.3) is 0 Å². The molecule has 1 nitrogen and oxygen atoms in total. The third-order valence-electron chi connectivity index (χ3n) is 1.29. The SMILES string of the molecule is NCCCC#Cc1ccc(Cl)s1. The fourth-order valence-electron chi connectivity index (χ4n) is 0.722. The fraction of sp³-hybridized carbons (Fsp3) is 0.333. The molecule has 12 heavy (non-hydrogen) atoms. The second-order valence-electron chi connectivity index (χ2n) is 2.30. The van der Waals surface area contributed by atoms with Crippen molar-refractivity contribution >= 4 is 22.9 Å². The number of halogens is 1. The summed E-state index contributed by atoms with van der Waals surface area (Å²) in [5.74, 6) is 6.07. The lowest BCUT2D eigenvalue weighted by molar-refractivity contribution is 0.870. The first-order valence-corrected chi connectivity index (χ1v) is 4.96. The van der Waals surface area contributed by atoms with Crippen molar-refractivity contribution in [3.05, 3.63) is 21.3 Å². The minimum Gasteiger partial charge on any atom is -0.330 e. The van der Waals surface area contributed by atoms with Gasteiger partial charge in [-0.3, -0.25) is 0 Å². The van der Waals surface area contributed by atoms with Crippen LogP contribution in [0.2, 0.25) is 4.34 Å². The Labute approximate surface area is 81.5 Å². The summed E-state index contributed by atoms with van der Waals surface area (Å²) in [6.07, 6.45) is 1.83. The van der Waals surface area contributed by atoms with E-state index in [0.717, 1.165) is 22.1 Å². The van der Waals surface area contributed by atoms with Crippen molar-refractivity contribution < 1.29 is 0 Å². The first-order chi connectivity index (χ1) is 5.83. The van der Waals surface area contributed by atoms with Crippen LogP contribution in [0.4, 0.5) is 0 Å². The van der Waals surface area contributed by atoms with Crippen LogP contribution in [0.3, 0.4) is 0 Å². The van der Waals surface area contributed by atoms with Gasteiger partial charge in [0.2, 0.25) is 0 Å². The molecule has 2 N–H and O–H groups in total. The molecule has 0 fully saturated rings. The van der Waals surface area contributed by atoms with E-state index in [4.69, 9.17) is 17.3 Å². The average molecular weight is 200 g/mol. The second-order valence-corrected chi connectivity index (χ2v) is 4.01. The summed E-state index contributed by atoms with van der Waals surface area (Å²) >= 11 is 7.24. The maximum Gasteiger partial charge on any atom is 0.0941 e. The van der Waals surface area contributed by atoms with E-state index < -0.39 is 0 Å². The third kappa shape index (κ3) is 3.27. The molecule has 0 aliphatic rings. The highest BCUT2D eigenvalue weighted by Crippen LogP contribution is 2.20. The van der Waals surface area contributed by atoms with Gasteiger partial charge in [0.15, 0.2) is 0 Å². The molecule has 0 aliphatic heterocycles. The quantitative estimate of drug-likeness (QED) is 0.575. The normalized spacial score (nSPS) is 9.17. The monoisotopic (exact) mass is 199 g/mol. The standard InChI is InChI=1S/C9H10ClNS/c10-9-6-5-8(12-9)4-2-1-3-7-11/h5-6H,1,3,7,11H2. The lowest BCUT2D eigenvalue weighted by Gasteiger charge is -1.83. The third-order valence-corrected chi connectivity index (χ3v) is 2.44. The summed E-state index contributed by atoms with van der Waals surface area (Å²) in [4.78, 5) is 1.03. The zero-order chi connectivity index (χ0) is 8.81. The van der Waals surface area contributed by atoms with Crippen molar-refractivity contribution in [1.29, 1.82) is 0 Å². The zero-order valence-electron chi connectivity index (χ0n) is 6.64. The molecule has 0 unspecified atom stereocenters. The molecule has 1 heterocycles. The van der Waals surface area contributed by atoms with Crippen LogP contribution in [-0.2, 0) is 0 Å². The van der Waals surface area contributed by atoms with Crippen molar-refractivity contribution in [2.24, 2.45) is 5.73 Å². The molecule has 0 aliphatic carbocycles. The smallest absolute Gasteiger partial charge is 0.0941 e. The Kier molecular flexibility index (Phi) is 4.16. The van der Waals surface area contributed by atoms with Crippen LogP contribution in [0.5, 0.6) is 0 Å². The number of nitrogens with two attached hydrogens (primary N) is 1. The molecule has 3 heteroatoms. The molecule has 0 saturated carbocycles. The summed E-state index contributed by atoms with van der Waals surface area (Å²) < 4.78 is 0.790. The lowest BCUT2D eigenvalue weighted by atomic mass is 10.3. The zero-order valence-corrected chi connectivity index (χ0v) is 8.21. The van der Waals surface area contributed by atoms with Crippen LogP contribution < -0.4 is 5.73 Å². The van der Waals surface area contributed by atoms with E-state index in [1.807, 2.05) is 12.1 Å². The predicted molar refractivity (Wildman–Crippen MR) is 54.5 cm³/mol. The fourth-order valence-corrected chi connectivity index (χ4v) is 1.64. The number of hydrogen-bond acceptors (Lipinski definition) is 2. The number of hydrogen-bond donors (Lipinski definition) is 1. The van der Waals surface area contributed by atoms with Crippen LogP contribution in [-0.4, -0.2) is 6.54 Å². The molecule has 0 spiro atoms. The van der Waals surface area contributed by atoms with E-state index in [-0.39, 0.29) is 0 Å². The Morgan fingerprint density at radius 2 is 2.33 bits per heavy atom. The van der Waals surface area contributed by atoms with Gasteiger partial charge in [-0.25, -0.2) is 0 Å². The van der Waals surface area contributed by atoms with Crippen molar-refractivity contribution in [3.63, 3.8) is 0 Å². The summed E-state index contributed by atoms with van der Waals surface area (Å²) in [7, 11) is 0. The van der Waals surface area contributed by atoms with Gasteiger partial charge in [0.05, 0.1) is 9.21 Å². The molecule has 0 bridgehead atoms. The molecule has 1 aromatic heterocycles. The summed E-state index contributed by atoms with van der Waals surface area (Å²) in [5.41, 5.74) is 5.33. The van der Waals surface area contributed by atoms with Gasteiger partial charge >= 0.3 is 0 Å². The Morgan fingerprint density at radius 1 is 1.50 bits per heavy atom. The molecule has 0 radical (unpaired) electrons. The minimum atomic E-state index is 0.708. The summed E-state index contributed by atoms with van der Waals surface area (Å²) in [6.45, 7) is 0.708. The molecular formula is C9H10ClNS. The lowest BCUT2D eigenvalue weighted by Crippen LogP contribution is -1.96. The highest BCUT2D eigenvalue weighted by atomic mass is 35.5. The van der Waals surface area contributed by atoms with E-state index in [2.05, 4.69) is 11.8 Å². The summed E-state index contributed by atoms with van der Waals surface area (Å²) in [6, 6.07) is 3.79. The van der Waals surface area contributed by atoms with Gasteiger partial charge in [-0.05, 0) is 25.1 Å². The second kappa shape index (κ2) is 5.21. The molecule has 64 valence electrons. The van der Waals surface area contributed by atoms with Gasteiger partial charge in [-0.2, -0.15) is 0 Å². The van der Waals surface area contributed by atoms with Crippen LogP contribution in [0.1, 0.15) is 17.7 Å². The van der Waals surface area contributed by atoms with E-state index in [0.29, 0.717) is 6.54 Å². The van der Waals surface area contributed by atoms with Gasteiger partial charge in [0, 0.05) is 6.42 Å².